The van der Waals surface area contributed by atoms with Crippen molar-refractivity contribution in [3.63, 3.8) is 0 Å². The summed E-state index contributed by atoms with van der Waals surface area (Å²) in [5.41, 5.74) is -0.605. The molecule has 0 aromatic rings. The van der Waals surface area contributed by atoms with Gasteiger partial charge in [0.05, 0.1) is 0 Å². The molecule has 1 aliphatic rings. The lowest BCUT2D eigenvalue weighted by molar-refractivity contribution is -0.132. The lowest BCUT2D eigenvalue weighted by Gasteiger charge is -2.25. The first-order chi connectivity index (χ1) is 9.19. The molecule has 0 radical (unpaired) electrons. The van der Waals surface area contributed by atoms with E-state index in [-0.39, 0.29) is 18.2 Å². The van der Waals surface area contributed by atoms with E-state index in [2.05, 4.69) is 10.6 Å². The zero-order chi connectivity index (χ0) is 15.3. The highest BCUT2D eigenvalue weighted by molar-refractivity contribution is 5.86. The van der Waals surface area contributed by atoms with Crippen molar-refractivity contribution >= 4 is 17.9 Å². The van der Waals surface area contributed by atoms with Crippen molar-refractivity contribution in [3.8, 4) is 0 Å². The predicted octanol–water partition coefficient (Wildman–Crippen LogP) is 0.248. The monoisotopic (exact) mass is 285 g/mol. The van der Waals surface area contributed by atoms with Crippen LogP contribution in [0.5, 0.6) is 0 Å². The number of alkyl carbamates (subject to hydrolysis) is 1. The van der Waals surface area contributed by atoms with E-state index in [9.17, 15) is 14.4 Å². The molecule has 20 heavy (non-hydrogen) atoms. The predicted molar refractivity (Wildman–Crippen MR) is 73.0 cm³/mol. The minimum Gasteiger partial charge on any atom is -0.444 e. The summed E-state index contributed by atoms with van der Waals surface area (Å²) in [7, 11) is 0. The number of amides is 3. The molecule has 1 aliphatic heterocycles. The molecule has 1 heterocycles. The fraction of sp³-hybridized carbons (Fsp3) is 0.769. The summed E-state index contributed by atoms with van der Waals surface area (Å²) in [6.07, 6.45) is -0.340. The summed E-state index contributed by atoms with van der Waals surface area (Å²) < 4.78 is 5.10. The number of nitrogens with zero attached hydrogens (tertiary/aromatic N) is 1. The molecule has 0 aromatic carbocycles. The Hall–Kier alpha value is -1.79. The van der Waals surface area contributed by atoms with Gasteiger partial charge in [-0.2, -0.15) is 0 Å². The van der Waals surface area contributed by atoms with Gasteiger partial charge in [-0.05, 0) is 27.7 Å². The first-order valence-corrected chi connectivity index (χ1v) is 6.74. The molecule has 0 bridgehead atoms. The average Bonchev–Trinajstić information content (AvgIpc) is 2.50. The molecule has 1 saturated heterocycles. The first-order valence-electron chi connectivity index (χ1n) is 6.74. The molecule has 0 saturated carbocycles. The molecule has 114 valence electrons. The van der Waals surface area contributed by atoms with E-state index in [0.717, 1.165) is 0 Å². The van der Waals surface area contributed by atoms with E-state index in [1.807, 2.05) is 0 Å². The van der Waals surface area contributed by atoms with Gasteiger partial charge in [0.25, 0.3) is 0 Å². The standard InChI is InChI=1S/C13H23N3O4/c1-9(15-12(19)20-13(2,3)4)11(18)16-7-5-10(17)14-6-8-16/h9H,5-8H2,1-4H3,(H,14,17)(H,15,19). The maximum absolute atomic E-state index is 12.2. The van der Waals surface area contributed by atoms with E-state index >= 15 is 0 Å². The van der Waals surface area contributed by atoms with Crippen molar-refractivity contribution in [1.82, 2.24) is 15.5 Å². The van der Waals surface area contributed by atoms with Gasteiger partial charge in [-0.15, -0.1) is 0 Å². The fourth-order valence-corrected chi connectivity index (χ4v) is 1.81. The SMILES string of the molecule is CC(NC(=O)OC(C)(C)C)C(=O)N1CCNC(=O)CC1. The van der Waals surface area contributed by atoms with Crippen molar-refractivity contribution in [2.75, 3.05) is 19.6 Å². The van der Waals surface area contributed by atoms with Crippen LogP contribution in [0, 0.1) is 0 Å². The van der Waals surface area contributed by atoms with Gasteiger partial charge in [0.1, 0.15) is 11.6 Å². The van der Waals surface area contributed by atoms with E-state index in [0.29, 0.717) is 19.6 Å². The number of hydrogen-bond donors (Lipinski definition) is 2. The fourth-order valence-electron chi connectivity index (χ4n) is 1.81. The van der Waals surface area contributed by atoms with Gasteiger partial charge < -0.3 is 20.3 Å². The Balaban J connectivity index is 2.49. The zero-order valence-electron chi connectivity index (χ0n) is 12.5. The minimum atomic E-state index is -0.682. The third-order valence-electron chi connectivity index (χ3n) is 2.73. The molecule has 0 aromatic heterocycles. The summed E-state index contributed by atoms with van der Waals surface area (Å²) in [6, 6.07) is -0.682. The van der Waals surface area contributed by atoms with Crippen LogP contribution in [0.15, 0.2) is 0 Å². The average molecular weight is 285 g/mol. The Morgan fingerprint density at radius 2 is 2.00 bits per heavy atom. The quantitative estimate of drug-likeness (QED) is 0.761. The first kappa shape index (κ1) is 16.3. The van der Waals surface area contributed by atoms with Gasteiger partial charge >= 0.3 is 6.09 Å². The van der Waals surface area contributed by atoms with Crippen LogP contribution in [0.3, 0.4) is 0 Å². The van der Waals surface area contributed by atoms with Gasteiger partial charge in [0, 0.05) is 26.1 Å². The molecule has 7 nitrogen and oxygen atoms in total. The molecule has 1 unspecified atom stereocenters. The Morgan fingerprint density at radius 1 is 1.35 bits per heavy atom. The highest BCUT2D eigenvalue weighted by Crippen LogP contribution is 2.07. The maximum Gasteiger partial charge on any atom is 0.408 e. The molecule has 7 heteroatoms. The molecule has 1 fully saturated rings. The van der Waals surface area contributed by atoms with Crippen LogP contribution in [-0.4, -0.2) is 54.1 Å². The van der Waals surface area contributed by atoms with E-state index in [4.69, 9.17) is 4.74 Å². The largest absolute Gasteiger partial charge is 0.444 e. The minimum absolute atomic E-state index is 0.0620. The second-order valence-electron chi connectivity index (χ2n) is 5.79. The molecular formula is C13H23N3O4. The van der Waals surface area contributed by atoms with E-state index in [1.54, 1.807) is 32.6 Å². The number of carbonyl (C=O) groups excluding carboxylic acids is 3. The normalized spacial score (nSPS) is 17.8. The van der Waals surface area contributed by atoms with Gasteiger partial charge in [-0.3, -0.25) is 9.59 Å². The molecule has 0 aliphatic carbocycles. The van der Waals surface area contributed by atoms with Crippen LogP contribution < -0.4 is 10.6 Å². The van der Waals surface area contributed by atoms with Crippen LogP contribution in [0.1, 0.15) is 34.1 Å². The van der Waals surface area contributed by atoms with Gasteiger partial charge in [0.15, 0.2) is 0 Å². The Labute approximate surface area is 119 Å². The number of carbonyl (C=O) groups is 3. The molecule has 1 atom stereocenters. The molecule has 3 amide bonds. The second kappa shape index (κ2) is 6.58. The summed E-state index contributed by atoms with van der Waals surface area (Å²) in [5, 5.41) is 5.20. The second-order valence-corrected chi connectivity index (χ2v) is 5.79. The van der Waals surface area contributed by atoms with Gasteiger partial charge in [0.2, 0.25) is 11.8 Å². The lowest BCUT2D eigenvalue weighted by Crippen LogP contribution is -2.49. The summed E-state index contributed by atoms with van der Waals surface area (Å²) >= 11 is 0. The van der Waals surface area contributed by atoms with Crippen molar-refractivity contribution < 1.29 is 19.1 Å². The zero-order valence-corrected chi connectivity index (χ0v) is 12.5. The van der Waals surface area contributed by atoms with Crippen molar-refractivity contribution in [3.05, 3.63) is 0 Å². The highest BCUT2D eigenvalue weighted by Gasteiger charge is 2.26. The van der Waals surface area contributed by atoms with Crippen LogP contribution in [0.4, 0.5) is 4.79 Å². The van der Waals surface area contributed by atoms with Crippen LogP contribution in [0.25, 0.3) is 0 Å². The van der Waals surface area contributed by atoms with Gasteiger partial charge in [-0.25, -0.2) is 4.79 Å². The Bertz CT molecular complexity index is 390. The topological polar surface area (TPSA) is 87.7 Å². The van der Waals surface area contributed by atoms with Gasteiger partial charge in [-0.1, -0.05) is 0 Å². The third kappa shape index (κ3) is 5.46. The van der Waals surface area contributed by atoms with Crippen molar-refractivity contribution in [2.24, 2.45) is 0 Å². The smallest absolute Gasteiger partial charge is 0.408 e. The maximum atomic E-state index is 12.2. The lowest BCUT2D eigenvalue weighted by atomic mass is 10.2. The number of nitrogens with one attached hydrogen (secondary N) is 2. The summed E-state index contributed by atoms with van der Waals surface area (Å²) in [6.45, 7) is 8.12. The number of ether oxygens (including phenoxy) is 1. The van der Waals surface area contributed by atoms with E-state index < -0.39 is 17.7 Å². The number of rotatable bonds is 2. The summed E-state index contributed by atoms with van der Waals surface area (Å²) in [5.74, 6) is -0.277. The van der Waals surface area contributed by atoms with E-state index in [1.165, 1.54) is 0 Å². The molecule has 2 N–H and O–H groups in total. The molecule has 0 spiro atoms. The van der Waals surface area contributed by atoms with Crippen LogP contribution in [-0.2, 0) is 14.3 Å². The molecule has 1 rings (SSSR count). The van der Waals surface area contributed by atoms with Crippen LogP contribution >= 0.6 is 0 Å². The summed E-state index contributed by atoms with van der Waals surface area (Å²) in [4.78, 5) is 36.6. The van der Waals surface area contributed by atoms with Crippen molar-refractivity contribution in [1.29, 1.82) is 0 Å². The highest BCUT2D eigenvalue weighted by atomic mass is 16.6. The Kier molecular flexibility index (Phi) is 5.35. The Morgan fingerprint density at radius 3 is 2.60 bits per heavy atom. The van der Waals surface area contributed by atoms with Crippen LogP contribution in [0.2, 0.25) is 0 Å². The number of hydrogen-bond acceptors (Lipinski definition) is 4. The third-order valence-corrected chi connectivity index (χ3v) is 2.73. The van der Waals surface area contributed by atoms with Crippen molar-refractivity contribution in [2.45, 2.75) is 45.8 Å². The molecular weight excluding hydrogens is 262 g/mol.